The van der Waals surface area contributed by atoms with E-state index in [0.717, 1.165) is 37.0 Å². The zero-order valence-electron chi connectivity index (χ0n) is 15.5. The molecule has 0 aromatic rings. The van der Waals surface area contributed by atoms with E-state index in [2.05, 4.69) is 13.8 Å². The molecule has 138 valence electrons. The topological polar surface area (TPSA) is 26.3 Å². The van der Waals surface area contributed by atoms with Crippen LogP contribution >= 0.6 is 0 Å². The summed E-state index contributed by atoms with van der Waals surface area (Å²) in [7, 11) is 0. The normalized spacial score (nSPS) is 44.0. The Bertz CT molecular complexity index is 408. The van der Waals surface area contributed by atoms with Gasteiger partial charge < -0.3 is 4.74 Å². The molecular formula is C21H35FO2. The second kappa shape index (κ2) is 8.19. The molecule has 0 amide bonds. The van der Waals surface area contributed by atoms with Gasteiger partial charge in [-0.05, 0) is 81.5 Å². The maximum Gasteiger partial charge on any atom is 0.309 e. The minimum Gasteiger partial charge on any atom is -0.459 e. The molecule has 0 N–H and O–H groups in total. The van der Waals surface area contributed by atoms with Gasteiger partial charge in [0, 0.05) is 0 Å². The summed E-state index contributed by atoms with van der Waals surface area (Å²) in [4.78, 5) is 12.4. The zero-order chi connectivity index (χ0) is 17.1. The molecule has 3 rings (SSSR count). The van der Waals surface area contributed by atoms with Crippen molar-refractivity contribution in [1.29, 1.82) is 0 Å². The maximum absolute atomic E-state index is 14.1. The van der Waals surface area contributed by atoms with Gasteiger partial charge in [-0.25, -0.2) is 4.39 Å². The predicted molar refractivity (Wildman–Crippen MR) is 94.4 cm³/mol. The first-order chi connectivity index (χ1) is 11.5. The van der Waals surface area contributed by atoms with Crippen molar-refractivity contribution < 1.29 is 13.9 Å². The number of rotatable bonds is 3. The average molecular weight is 339 g/mol. The molecule has 3 saturated carbocycles. The summed E-state index contributed by atoms with van der Waals surface area (Å²) < 4.78 is 19.7. The molecule has 0 bridgehead atoms. The first kappa shape index (κ1) is 18.2. The van der Waals surface area contributed by atoms with Gasteiger partial charge in [0.15, 0.2) is 0 Å². The lowest BCUT2D eigenvalue weighted by Crippen LogP contribution is -2.37. The molecule has 3 fully saturated rings. The third-order valence-corrected chi connectivity index (χ3v) is 7.07. The first-order valence-electron chi connectivity index (χ1n) is 10.4. The van der Waals surface area contributed by atoms with Crippen molar-refractivity contribution in [3.05, 3.63) is 0 Å². The fourth-order valence-corrected chi connectivity index (χ4v) is 5.25. The van der Waals surface area contributed by atoms with E-state index in [9.17, 15) is 9.18 Å². The molecule has 3 unspecified atom stereocenters. The van der Waals surface area contributed by atoms with E-state index in [1.165, 1.54) is 38.5 Å². The third kappa shape index (κ3) is 4.52. The molecule has 0 saturated heterocycles. The Hall–Kier alpha value is -0.600. The summed E-state index contributed by atoms with van der Waals surface area (Å²) >= 11 is 0. The van der Waals surface area contributed by atoms with E-state index in [1.54, 1.807) is 0 Å². The van der Waals surface area contributed by atoms with E-state index < -0.39 is 12.3 Å². The molecule has 0 spiro atoms. The first-order valence-corrected chi connectivity index (χ1v) is 10.4. The fraction of sp³-hybridized carbons (Fsp3) is 0.952. The van der Waals surface area contributed by atoms with Crippen LogP contribution in [0.25, 0.3) is 0 Å². The highest BCUT2D eigenvalue weighted by Gasteiger charge is 2.36. The molecule has 0 aromatic carbocycles. The minimum atomic E-state index is -0.960. The van der Waals surface area contributed by atoms with Crippen molar-refractivity contribution in [2.45, 2.75) is 96.8 Å². The molecule has 24 heavy (non-hydrogen) atoms. The summed E-state index contributed by atoms with van der Waals surface area (Å²) in [6.45, 7) is 4.45. The molecule has 3 atom stereocenters. The molecule has 0 aromatic heterocycles. The second-order valence-corrected chi connectivity index (χ2v) is 9.04. The predicted octanol–water partition coefficient (Wildman–Crippen LogP) is 5.69. The Balaban J connectivity index is 1.42. The summed E-state index contributed by atoms with van der Waals surface area (Å²) in [6, 6.07) is 0. The zero-order valence-corrected chi connectivity index (χ0v) is 15.5. The standard InChI is InChI=1S/C21H35FO2/c1-14-3-6-16(7-4-14)17-8-10-18(11-9-17)21(23)24-20-12-5-15(2)13-19(20)22/h14-20H,3-13H2,1-2H3. The number of hydrogen-bond donors (Lipinski definition) is 0. The maximum atomic E-state index is 14.1. The number of ether oxygens (including phenoxy) is 1. The van der Waals surface area contributed by atoms with Gasteiger partial charge in [-0.2, -0.15) is 0 Å². The van der Waals surface area contributed by atoms with Crippen LogP contribution in [-0.2, 0) is 9.53 Å². The monoisotopic (exact) mass is 338 g/mol. The number of alkyl halides is 1. The van der Waals surface area contributed by atoms with Gasteiger partial charge in [0.2, 0.25) is 0 Å². The van der Waals surface area contributed by atoms with Crippen LogP contribution in [0.2, 0.25) is 0 Å². The number of halogens is 1. The van der Waals surface area contributed by atoms with Crippen molar-refractivity contribution in [3.8, 4) is 0 Å². The highest BCUT2D eigenvalue weighted by atomic mass is 19.1. The Morgan fingerprint density at radius 1 is 0.792 bits per heavy atom. The van der Waals surface area contributed by atoms with Crippen molar-refractivity contribution >= 4 is 5.97 Å². The minimum absolute atomic E-state index is 0.0234. The van der Waals surface area contributed by atoms with E-state index in [0.29, 0.717) is 18.8 Å². The van der Waals surface area contributed by atoms with E-state index in [1.807, 2.05) is 0 Å². The summed E-state index contributed by atoms with van der Waals surface area (Å²) in [6.07, 6.45) is 10.5. The lowest BCUT2D eigenvalue weighted by molar-refractivity contribution is -0.161. The van der Waals surface area contributed by atoms with Gasteiger partial charge in [-0.1, -0.05) is 26.7 Å². The second-order valence-electron chi connectivity index (χ2n) is 9.04. The van der Waals surface area contributed by atoms with Gasteiger partial charge in [0.25, 0.3) is 0 Å². The quantitative estimate of drug-likeness (QED) is 0.618. The van der Waals surface area contributed by atoms with Crippen molar-refractivity contribution in [1.82, 2.24) is 0 Å². The van der Waals surface area contributed by atoms with Crippen LogP contribution in [0.5, 0.6) is 0 Å². The SMILES string of the molecule is CC1CCC(C2CCC(C(=O)OC3CCC(C)CC3F)CC2)CC1. The van der Waals surface area contributed by atoms with Gasteiger partial charge in [0.05, 0.1) is 5.92 Å². The highest BCUT2D eigenvalue weighted by Crippen LogP contribution is 2.41. The summed E-state index contributed by atoms with van der Waals surface area (Å²) in [5.74, 6) is 2.92. The number of carbonyl (C=O) groups is 1. The molecule has 0 radical (unpaired) electrons. The Morgan fingerprint density at radius 2 is 1.33 bits per heavy atom. The molecule has 0 heterocycles. The largest absolute Gasteiger partial charge is 0.459 e. The van der Waals surface area contributed by atoms with Gasteiger partial charge in [0.1, 0.15) is 12.3 Å². The van der Waals surface area contributed by atoms with Crippen molar-refractivity contribution in [2.24, 2.45) is 29.6 Å². The van der Waals surface area contributed by atoms with Crippen molar-refractivity contribution in [3.63, 3.8) is 0 Å². The van der Waals surface area contributed by atoms with Gasteiger partial charge in [-0.3, -0.25) is 4.79 Å². The van der Waals surface area contributed by atoms with E-state index in [-0.39, 0.29) is 11.9 Å². The number of esters is 1. The fourth-order valence-electron chi connectivity index (χ4n) is 5.25. The lowest BCUT2D eigenvalue weighted by Gasteiger charge is -2.37. The van der Waals surface area contributed by atoms with Crippen LogP contribution < -0.4 is 0 Å². The molecule has 3 aliphatic carbocycles. The lowest BCUT2D eigenvalue weighted by atomic mass is 9.69. The van der Waals surface area contributed by atoms with Crippen LogP contribution in [0, 0.1) is 29.6 Å². The van der Waals surface area contributed by atoms with Crippen LogP contribution in [-0.4, -0.2) is 18.2 Å². The third-order valence-electron chi connectivity index (χ3n) is 7.07. The van der Waals surface area contributed by atoms with Crippen LogP contribution in [0.1, 0.15) is 84.5 Å². The summed E-state index contributed by atoms with van der Waals surface area (Å²) in [5, 5.41) is 0. The molecular weight excluding hydrogens is 303 g/mol. The summed E-state index contributed by atoms with van der Waals surface area (Å²) in [5.41, 5.74) is 0. The number of carbonyl (C=O) groups excluding carboxylic acids is 1. The van der Waals surface area contributed by atoms with E-state index in [4.69, 9.17) is 4.74 Å². The Morgan fingerprint density at radius 3 is 1.92 bits per heavy atom. The molecule has 3 aliphatic rings. The molecule has 0 aliphatic heterocycles. The average Bonchev–Trinajstić information content (AvgIpc) is 2.58. The van der Waals surface area contributed by atoms with Gasteiger partial charge in [-0.15, -0.1) is 0 Å². The van der Waals surface area contributed by atoms with Crippen LogP contribution in [0.4, 0.5) is 4.39 Å². The smallest absolute Gasteiger partial charge is 0.309 e. The number of hydrogen-bond acceptors (Lipinski definition) is 2. The molecule has 2 nitrogen and oxygen atoms in total. The van der Waals surface area contributed by atoms with Crippen LogP contribution in [0.3, 0.4) is 0 Å². The van der Waals surface area contributed by atoms with Gasteiger partial charge >= 0.3 is 5.97 Å². The Kier molecular flexibility index (Phi) is 6.21. The molecule has 3 heteroatoms. The van der Waals surface area contributed by atoms with Crippen LogP contribution in [0.15, 0.2) is 0 Å². The Labute approximate surface area is 146 Å². The highest BCUT2D eigenvalue weighted by molar-refractivity contribution is 5.72. The van der Waals surface area contributed by atoms with E-state index >= 15 is 0 Å². The van der Waals surface area contributed by atoms with Crippen molar-refractivity contribution in [2.75, 3.05) is 0 Å².